The van der Waals surface area contributed by atoms with E-state index in [1.165, 1.54) is 0 Å². The fourth-order valence-corrected chi connectivity index (χ4v) is 1.91. The van der Waals surface area contributed by atoms with Crippen LogP contribution in [0.25, 0.3) is 11.0 Å². The molecular weight excluding hydrogens is 252 g/mol. The van der Waals surface area contributed by atoms with Crippen molar-refractivity contribution in [3.05, 3.63) is 29.6 Å². The molecule has 1 heterocycles. The quantitative estimate of drug-likeness (QED) is 0.779. The topological polar surface area (TPSA) is 50.8 Å². The van der Waals surface area contributed by atoms with E-state index in [-0.39, 0.29) is 6.61 Å². The molecule has 2 rings (SSSR count). The summed E-state index contributed by atoms with van der Waals surface area (Å²) >= 11 is 0. The van der Waals surface area contributed by atoms with Gasteiger partial charge in [0, 0.05) is 13.5 Å². The number of nitrogens with zero attached hydrogens (tertiary/aromatic N) is 3. The van der Waals surface area contributed by atoms with Crippen molar-refractivity contribution >= 4 is 11.0 Å². The first-order valence-electron chi connectivity index (χ1n) is 5.83. The van der Waals surface area contributed by atoms with Crippen LogP contribution >= 0.6 is 0 Å². The molecule has 1 aromatic carbocycles. The molecule has 0 unspecified atom stereocenters. The average molecular weight is 265 g/mol. The number of benzene rings is 1. The van der Waals surface area contributed by atoms with Gasteiger partial charge in [-0.05, 0) is 12.1 Å². The molecule has 0 bridgehead atoms. The minimum Gasteiger partial charge on any atom is -0.375 e. The van der Waals surface area contributed by atoms with Gasteiger partial charge in [-0.2, -0.15) is 5.26 Å². The Morgan fingerprint density at radius 3 is 2.95 bits per heavy atom. The molecule has 0 aliphatic carbocycles. The number of aromatic nitrogens is 2. The number of halogens is 2. The predicted molar refractivity (Wildman–Crippen MR) is 66.0 cm³/mol. The third-order valence-corrected chi connectivity index (χ3v) is 2.84. The maximum Gasteiger partial charge on any atom is 0.261 e. The van der Waals surface area contributed by atoms with Crippen molar-refractivity contribution < 1.29 is 13.5 Å². The van der Waals surface area contributed by atoms with Crippen molar-refractivity contribution in [3.8, 4) is 6.07 Å². The van der Waals surface area contributed by atoms with Crippen LogP contribution in [0.5, 0.6) is 0 Å². The molecule has 1 aromatic heterocycles. The van der Waals surface area contributed by atoms with Gasteiger partial charge in [-0.25, -0.2) is 13.8 Å². The van der Waals surface area contributed by atoms with Crippen LogP contribution in [-0.2, 0) is 18.2 Å². The lowest BCUT2D eigenvalue weighted by atomic mass is 10.2. The molecule has 0 fully saturated rings. The highest BCUT2D eigenvalue weighted by Crippen LogP contribution is 2.18. The first kappa shape index (κ1) is 13.4. The molecule has 0 radical (unpaired) electrons. The van der Waals surface area contributed by atoms with Crippen molar-refractivity contribution in [1.82, 2.24) is 9.55 Å². The average Bonchev–Trinajstić information content (AvgIpc) is 2.72. The van der Waals surface area contributed by atoms with E-state index in [1.54, 1.807) is 12.1 Å². The first-order chi connectivity index (χ1) is 9.13. The lowest BCUT2D eigenvalue weighted by molar-refractivity contribution is 0.0182. The SMILES string of the molecule is Cn1c(CCOCC(F)F)nc2c(C#N)cccc21. The van der Waals surface area contributed by atoms with Gasteiger partial charge in [0.05, 0.1) is 17.7 Å². The van der Waals surface area contributed by atoms with E-state index < -0.39 is 13.0 Å². The lowest BCUT2D eigenvalue weighted by Crippen LogP contribution is -2.09. The summed E-state index contributed by atoms with van der Waals surface area (Å²) < 4.78 is 30.5. The Labute approximate surface area is 109 Å². The number of rotatable bonds is 5. The van der Waals surface area contributed by atoms with Gasteiger partial charge in [-0.3, -0.25) is 0 Å². The Hall–Kier alpha value is -2.00. The Kier molecular flexibility index (Phi) is 4.07. The molecule has 19 heavy (non-hydrogen) atoms. The number of hydrogen-bond donors (Lipinski definition) is 0. The normalized spacial score (nSPS) is 11.1. The number of fused-ring (bicyclic) bond motifs is 1. The fraction of sp³-hybridized carbons (Fsp3) is 0.385. The monoisotopic (exact) mass is 265 g/mol. The first-order valence-corrected chi connectivity index (χ1v) is 5.83. The second kappa shape index (κ2) is 5.76. The molecule has 0 N–H and O–H groups in total. The number of aryl methyl sites for hydroxylation is 1. The van der Waals surface area contributed by atoms with E-state index in [9.17, 15) is 8.78 Å². The van der Waals surface area contributed by atoms with Gasteiger partial charge in [0.1, 0.15) is 24.0 Å². The van der Waals surface area contributed by atoms with Gasteiger partial charge in [-0.15, -0.1) is 0 Å². The number of ether oxygens (including phenoxy) is 1. The maximum atomic E-state index is 11.9. The van der Waals surface area contributed by atoms with Crippen molar-refractivity contribution in [3.63, 3.8) is 0 Å². The molecule has 0 aliphatic rings. The zero-order valence-electron chi connectivity index (χ0n) is 10.4. The predicted octanol–water partition coefficient (Wildman–Crippen LogP) is 2.27. The van der Waals surface area contributed by atoms with Crippen LogP contribution in [-0.4, -0.2) is 29.2 Å². The Morgan fingerprint density at radius 2 is 2.26 bits per heavy atom. The van der Waals surface area contributed by atoms with Crippen LogP contribution in [0, 0.1) is 11.3 Å². The number of nitriles is 1. The van der Waals surface area contributed by atoms with E-state index in [0.29, 0.717) is 23.3 Å². The van der Waals surface area contributed by atoms with Crippen LogP contribution in [0.1, 0.15) is 11.4 Å². The summed E-state index contributed by atoms with van der Waals surface area (Å²) in [6.07, 6.45) is -2.02. The summed E-state index contributed by atoms with van der Waals surface area (Å²) in [5.74, 6) is 0.715. The molecule has 0 saturated heterocycles. The van der Waals surface area contributed by atoms with E-state index in [0.717, 1.165) is 5.52 Å². The third-order valence-electron chi connectivity index (χ3n) is 2.84. The molecule has 0 aliphatic heterocycles. The zero-order chi connectivity index (χ0) is 13.8. The second-order valence-electron chi connectivity index (χ2n) is 4.09. The Bertz CT molecular complexity index is 616. The number of para-hydroxylation sites is 1. The molecular formula is C13H13F2N3O. The molecule has 4 nitrogen and oxygen atoms in total. The summed E-state index contributed by atoms with van der Waals surface area (Å²) in [7, 11) is 1.83. The van der Waals surface area contributed by atoms with E-state index >= 15 is 0 Å². The second-order valence-corrected chi connectivity index (χ2v) is 4.09. The summed E-state index contributed by atoms with van der Waals surface area (Å²) in [4.78, 5) is 4.37. The highest BCUT2D eigenvalue weighted by molar-refractivity contribution is 5.82. The molecule has 6 heteroatoms. The number of imidazole rings is 1. The fourth-order valence-electron chi connectivity index (χ4n) is 1.91. The Morgan fingerprint density at radius 1 is 1.47 bits per heavy atom. The summed E-state index contributed by atoms with van der Waals surface area (Å²) in [5, 5.41) is 9.00. The van der Waals surface area contributed by atoms with Crippen molar-refractivity contribution in [2.75, 3.05) is 13.2 Å². The number of hydrogen-bond acceptors (Lipinski definition) is 3. The van der Waals surface area contributed by atoms with Gasteiger partial charge >= 0.3 is 0 Å². The van der Waals surface area contributed by atoms with Crippen LogP contribution in [0.4, 0.5) is 8.78 Å². The maximum absolute atomic E-state index is 11.9. The van der Waals surface area contributed by atoms with Crippen LogP contribution in [0.15, 0.2) is 18.2 Å². The standard InChI is InChI=1S/C13H13F2N3O/c1-18-10-4-2-3-9(7-16)13(10)17-12(18)5-6-19-8-11(14)15/h2-4,11H,5-6,8H2,1H3. The molecule has 2 aromatic rings. The van der Waals surface area contributed by atoms with Crippen LogP contribution in [0.3, 0.4) is 0 Å². The van der Waals surface area contributed by atoms with Gasteiger partial charge in [-0.1, -0.05) is 6.07 Å². The highest BCUT2D eigenvalue weighted by atomic mass is 19.3. The van der Waals surface area contributed by atoms with Crippen LogP contribution < -0.4 is 0 Å². The summed E-state index contributed by atoms with van der Waals surface area (Å²) in [6.45, 7) is -0.378. The van der Waals surface area contributed by atoms with Gasteiger partial charge in [0.25, 0.3) is 6.43 Å². The zero-order valence-corrected chi connectivity index (χ0v) is 10.4. The third kappa shape index (κ3) is 2.88. The van der Waals surface area contributed by atoms with Gasteiger partial charge in [0.2, 0.25) is 0 Å². The Balaban J connectivity index is 2.16. The van der Waals surface area contributed by atoms with E-state index in [4.69, 9.17) is 10.00 Å². The molecule has 0 atom stereocenters. The van der Waals surface area contributed by atoms with Crippen molar-refractivity contribution in [2.45, 2.75) is 12.8 Å². The largest absolute Gasteiger partial charge is 0.375 e. The highest BCUT2D eigenvalue weighted by Gasteiger charge is 2.11. The lowest BCUT2D eigenvalue weighted by Gasteiger charge is -2.03. The van der Waals surface area contributed by atoms with Crippen molar-refractivity contribution in [1.29, 1.82) is 5.26 Å². The molecule has 0 amide bonds. The summed E-state index contributed by atoms with van der Waals surface area (Å²) in [6, 6.07) is 7.45. The molecule has 0 spiro atoms. The van der Waals surface area contributed by atoms with Crippen molar-refractivity contribution in [2.24, 2.45) is 7.05 Å². The van der Waals surface area contributed by atoms with E-state index in [2.05, 4.69) is 11.1 Å². The van der Waals surface area contributed by atoms with E-state index in [1.807, 2.05) is 17.7 Å². The minimum absolute atomic E-state index is 0.184. The minimum atomic E-state index is -2.45. The van der Waals surface area contributed by atoms with Gasteiger partial charge in [0.15, 0.2) is 0 Å². The molecule has 100 valence electrons. The molecule has 0 saturated carbocycles. The summed E-state index contributed by atoms with van der Waals surface area (Å²) in [5.41, 5.74) is 1.99. The van der Waals surface area contributed by atoms with Crippen LogP contribution in [0.2, 0.25) is 0 Å². The smallest absolute Gasteiger partial charge is 0.261 e. The van der Waals surface area contributed by atoms with Gasteiger partial charge < -0.3 is 9.30 Å². The number of alkyl halides is 2.